The van der Waals surface area contributed by atoms with E-state index in [2.05, 4.69) is 16.8 Å². The summed E-state index contributed by atoms with van der Waals surface area (Å²) < 4.78 is 0. The van der Waals surface area contributed by atoms with Crippen molar-refractivity contribution < 1.29 is 44.4 Å². The number of primary amides is 1. The minimum atomic E-state index is -1.11. The minimum absolute atomic E-state index is 0.0213. The lowest BCUT2D eigenvalue weighted by Gasteiger charge is -2.01. The number of nitrogens with one attached hydrogen (secondary N) is 1. The van der Waals surface area contributed by atoms with E-state index in [-0.39, 0.29) is 32.0 Å². The highest BCUT2D eigenvalue weighted by Crippen LogP contribution is 2.03. The molecule has 14 heteroatoms. The van der Waals surface area contributed by atoms with Crippen LogP contribution >= 0.6 is 0 Å². The minimum Gasteiger partial charge on any atom is -0.480 e. The molecular weight excluding hydrogens is 382 g/mol. The van der Waals surface area contributed by atoms with E-state index in [1.807, 2.05) is 0 Å². The second-order valence-corrected chi connectivity index (χ2v) is 5.13. The largest absolute Gasteiger partial charge is 0.480 e. The zero-order valence-electron chi connectivity index (χ0n) is 15.2. The molecule has 0 aromatic rings. The van der Waals surface area contributed by atoms with Gasteiger partial charge >= 0.3 is 23.9 Å². The summed E-state index contributed by atoms with van der Waals surface area (Å²) >= 11 is 0. The van der Waals surface area contributed by atoms with E-state index >= 15 is 0 Å². The van der Waals surface area contributed by atoms with Crippen molar-refractivity contribution in [1.82, 2.24) is 5.32 Å². The number of nitrogens with two attached hydrogens (primary N) is 4. The van der Waals surface area contributed by atoms with Gasteiger partial charge in [-0.15, -0.1) is 0 Å². The van der Waals surface area contributed by atoms with Gasteiger partial charge in [0.1, 0.15) is 12.1 Å². The third kappa shape index (κ3) is 25.4. The lowest BCUT2D eigenvalue weighted by Crippen LogP contribution is -2.31. The summed E-state index contributed by atoms with van der Waals surface area (Å²) in [6.45, 7) is 0.303. The summed E-state index contributed by atoms with van der Waals surface area (Å²) in [6.07, 6.45) is 1.91. The van der Waals surface area contributed by atoms with Gasteiger partial charge in [0.2, 0.25) is 5.91 Å². The van der Waals surface area contributed by atoms with Crippen molar-refractivity contribution >= 4 is 29.8 Å². The van der Waals surface area contributed by atoms with Crippen LogP contribution < -0.4 is 28.3 Å². The topological polar surface area (TPSA) is 282 Å². The fraction of sp³-hybridized carbons (Fsp3) is 0.643. The van der Waals surface area contributed by atoms with Gasteiger partial charge < -0.3 is 48.7 Å². The van der Waals surface area contributed by atoms with Crippen LogP contribution in [-0.4, -0.2) is 81.9 Å². The summed E-state index contributed by atoms with van der Waals surface area (Å²) in [4.78, 5) is 48.8. The highest BCUT2D eigenvalue weighted by molar-refractivity contribution is 5.77. The van der Waals surface area contributed by atoms with E-state index in [0.29, 0.717) is 0 Å². The van der Waals surface area contributed by atoms with E-state index in [9.17, 15) is 24.0 Å². The molecule has 28 heavy (non-hydrogen) atoms. The third-order valence-corrected chi connectivity index (χ3v) is 2.73. The van der Waals surface area contributed by atoms with Crippen molar-refractivity contribution in [3.63, 3.8) is 0 Å². The summed E-state index contributed by atoms with van der Waals surface area (Å²) in [7, 11) is 0. The van der Waals surface area contributed by atoms with Crippen molar-refractivity contribution in [1.29, 1.82) is 0 Å². The van der Waals surface area contributed by atoms with Crippen molar-refractivity contribution in [2.45, 2.75) is 37.8 Å². The molecule has 14 nitrogen and oxygen atoms in total. The Morgan fingerprint density at radius 2 is 1.39 bits per heavy atom. The summed E-state index contributed by atoms with van der Waals surface area (Å²) in [5.74, 6) is -4.30. The van der Waals surface area contributed by atoms with Gasteiger partial charge in [-0.25, -0.2) is 0 Å². The van der Waals surface area contributed by atoms with Gasteiger partial charge in [-0.3, -0.25) is 24.0 Å². The Morgan fingerprint density at radius 3 is 1.57 bits per heavy atom. The molecule has 0 bridgehead atoms. The maximum Gasteiger partial charge on any atom is 0.320 e. The molecular formula is C14H29N5O9. The fourth-order valence-electron chi connectivity index (χ4n) is 1.32. The standard InChI is InChI=1S/C5H10N2O3.C5H9NO2.2C2H5NO2/c6-3(5(9)10)1-2-4(7)8;7-5(8)4-2-1-3-6-4;2*3-1-2(4)5/h3H,1-2,6H2,(H2,7,8)(H,9,10);4,6H,1-3H2,(H,7,8);2*1,3H2,(H,4,5)/t3-;4-;;/m00../s1. The average Bonchev–Trinajstić information content (AvgIpc) is 3.16. The normalized spacial score (nSPS) is 15.2. The highest BCUT2D eigenvalue weighted by Gasteiger charge is 2.20. The summed E-state index contributed by atoms with van der Waals surface area (Å²) in [5, 5.41) is 34.6. The Labute approximate surface area is 160 Å². The van der Waals surface area contributed by atoms with Crippen molar-refractivity contribution in [2.75, 3.05) is 19.6 Å². The van der Waals surface area contributed by atoms with Crippen LogP contribution in [0.2, 0.25) is 0 Å². The maximum atomic E-state index is 10.1. The lowest BCUT2D eigenvalue weighted by atomic mass is 10.2. The Balaban J connectivity index is -0.000000312. The first kappa shape index (κ1) is 29.9. The monoisotopic (exact) mass is 411 g/mol. The van der Waals surface area contributed by atoms with Gasteiger partial charge in [0, 0.05) is 6.42 Å². The van der Waals surface area contributed by atoms with E-state index < -0.39 is 35.8 Å². The molecule has 2 atom stereocenters. The molecule has 1 rings (SSSR count). The number of carbonyl (C=O) groups excluding carboxylic acids is 1. The smallest absolute Gasteiger partial charge is 0.320 e. The molecule has 0 saturated carbocycles. The second kappa shape index (κ2) is 19.0. The van der Waals surface area contributed by atoms with Crippen molar-refractivity contribution in [2.24, 2.45) is 22.9 Å². The van der Waals surface area contributed by atoms with Gasteiger partial charge in [0.05, 0.1) is 13.1 Å². The van der Waals surface area contributed by atoms with Crippen molar-refractivity contribution in [3.8, 4) is 0 Å². The molecule has 1 fully saturated rings. The molecule has 0 aliphatic carbocycles. The number of carboxylic acid groups (broad SMARTS) is 4. The third-order valence-electron chi connectivity index (χ3n) is 2.73. The highest BCUT2D eigenvalue weighted by atomic mass is 16.4. The first-order chi connectivity index (χ1) is 12.9. The predicted octanol–water partition coefficient (Wildman–Crippen LogP) is -3.45. The Bertz CT molecular complexity index is 482. The molecule has 1 amide bonds. The summed E-state index contributed by atoms with van der Waals surface area (Å²) in [5.41, 5.74) is 19.0. The molecule has 1 aliphatic heterocycles. The quantitative estimate of drug-likeness (QED) is 0.197. The van der Waals surface area contributed by atoms with Gasteiger partial charge in [-0.2, -0.15) is 0 Å². The number of carbonyl (C=O) groups is 5. The lowest BCUT2D eigenvalue weighted by molar-refractivity contribution is -0.139. The molecule has 1 aliphatic rings. The van der Waals surface area contributed by atoms with Gasteiger partial charge in [0.15, 0.2) is 0 Å². The van der Waals surface area contributed by atoms with Gasteiger partial charge in [-0.1, -0.05) is 0 Å². The van der Waals surface area contributed by atoms with Crippen LogP contribution in [0.15, 0.2) is 0 Å². The Morgan fingerprint density at radius 1 is 0.964 bits per heavy atom. The number of amides is 1. The molecule has 0 aromatic carbocycles. The van der Waals surface area contributed by atoms with Crippen LogP contribution in [0.25, 0.3) is 0 Å². The number of carboxylic acids is 4. The second-order valence-electron chi connectivity index (χ2n) is 5.13. The molecule has 0 spiro atoms. The molecule has 1 heterocycles. The molecule has 1 saturated heterocycles. The fourth-order valence-corrected chi connectivity index (χ4v) is 1.32. The predicted molar refractivity (Wildman–Crippen MR) is 96.1 cm³/mol. The Kier molecular flexibility index (Phi) is 20.3. The zero-order valence-corrected chi connectivity index (χ0v) is 15.2. The van der Waals surface area contributed by atoms with Crippen molar-refractivity contribution in [3.05, 3.63) is 0 Å². The van der Waals surface area contributed by atoms with Crippen LogP contribution in [0, 0.1) is 0 Å². The summed E-state index contributed by atoms with van der Waals surface area (Å²) in [6, 6.07) is -1.25. The van der Waals surface area contributed by atoms with Crippen LogP contribution in [0.3, 0.4) is 0 Å². The van der Waals surface area contributed by atoms with Crippen LogP contribution in [0.5, 0.6) is 0 Å². The maximum absolute atomic E-state index is 10.1. The van der Waals surface area contributed by atoms with Crippen LogP contribution in [0.4, 0.5) is 0 Å². The first-order valence-corrected chi connectivity index (χ1v) is 7.95. The van der Waals surface area contributed by atoms with Gasteiger partial charge in [0.25, 0.3) is 0 Å². The number of rotatable bonds is 7. The van der Waals surface area contributed by atoms with E-state index in [4.69, 9.17) is 31.9 Å². The van der Waals surface area contributed by atoms with E-state index in [1.165, 1.54) is 0 Å². The van der Waals surface area contributed by atoms with E-state index in [0.717, 1.165) is 19.4 Å². The molecule has 0 aromatic heterocycles. The number of hydrogen-bond acceptors (Lipinski definition) is 9. The number of hydrogen-bond donors (Lipinski definition) is 9. The average molecular weight is 411 g/mol. The SMILES string of the molecule is NC(=O)CC[C@H](N)C(=O)O.NCC(=O)O.NCC(=O)O.O=C(O)[C@@H]1CCCN1. The van der Waals surface area contributed by atoms with E-state index in [1.54, 1.807) is 0 Å². The molecule has 164 valence electrons. The van der Waals surface area contributed by atoms with Crippen LogP contribution in [0.1, 0.15) is 25.7 Å². The zero-order chi connectivity index (χ0) is 22.7. The Hall–Kier alpha value is -2.81. The molecule has 0 radical (unpaired) electrons. The molecule has 0 unspecified atom stereocenters. The number of aliphatic carboxylic acids is 4. The first-order valence-electron chi connectivity index (χ1n) is 7.95. The molecule has 13 N–H and O–H groups in total. The van der Waals surface area contributed by atoms with Crippen LogP contribution in [-0.2, 0) is 24.0 Å². The van der Waals surface area contributed by atoms with Gasteiger partial charge in [-0.05, 0) is 25.8 Å².